The second kappa shape index (κ2) is 7.83. The van der Waals surface area contributed by atoms with E-state index in [0.717, 1.165) is 19.3 Å². The van der Waals surface area contributed by atoms with Crippen molar-refractivity contribution in [2.45, 2.75) is 39.2 Å². The minimum absolute atomic E-state index is 0.104. The molecule has 0 unspecified atom stereocenters. The molecule has 1 aliphatic carbocycles. The van der Waals surface area contributed by atoms with Gasteiger partial charge in [0.25, 0.3) is 5.56 Å². The molecule has 1 heterocycles. The van der Waals surface area contributed by atoms with Crippen LogP contribution < -0.4 is 5.56 Å². The number of nitrogens with zero attached hydrogens (tertiary/aromatic N) is 2. The van der Waals surface area contributed by atoms with Gasteiger partial charge in [0, 0.05) is 18.0 Å². The first-order valence-corrected chi connectivity index (χ1v) is 9.07. The summed E-state index contributed by atoms with van der Waals surface area (Å²) in [5, 5.41) is 1.03. The molecule has 0 aliphatic heterocycles. The number of carbonyl (C=O) groups is 1. The van der Waals surface area contributed by atoms with E-state index in [4.69, 9.17) is 11.6 Å². The number of rotatable bonds is 6. The van der Waals surface area contributed by atoms with Crippen LogP contribution >= 0.6 is 11.6 Å². The van der Waals surface area contributed by atoms with E-state index in [1.54, 1.807) is 23.1 Å². The number of hydrogen-bond acceptors (Lipinski definition) is 3. The second-order valence-corrected chi connectivity index (χ2v) is 6.90. The Balaban J connectivity index is 1.81. The first-order valence-electron chi connectivity index (χ1n) is 8.69. The van der Waals surface area contributed by atoms with Crippen LogP contribution in [-0.4, -0.2) is 27.3 Å². The zero-order valence-electron chi connectivity index (χ0n) is 14.3. The van der Waals surface area contributed by atoms with E-state index in [0.29, 0.717) is 47.2 Å². The fourth-order valence-electron chi connectivity index (χ4n) is 3.20. The summed E-state index contributed by atoms with van der Waals surface area (Å²) in [4.78, 5) is 33.9. The minimum atomic E-state index is -0.209. The number of carbonyl (C=O) groups excluding carboxylic acids is 1. The molecule has 5 nitrogen and oxygen atoms in total. The van der Waals surface area contributed by atoms with Crippen LogP contribution in [0.1, 0.15) is 38.4 Å². The molecule has 0 saturated carbocycles. The molecule has 132 valence electrons. The number of hydrogen-bond donors (Lipinski definition) is 1. The fourth-order valence-corrected chi connectivity index (χ4v) is 3.36. The first-order chi connectivity index (χ1) is 12.1. The van der Waals surface area contributed by atoms with Crippen LogP contribution in [0.3, 0.4) is 0 Å². The van der Waals surface area contributed by atoms with Gasteiger partial charge in [-0.15, -0.1) is 0 Å². The Morgan fingerprint density at radius 1 is 1.44 bits per heavy atom. The fraction of sp³-hybridized carbons (Fsp3) is 0.421. The highest BCUT2D eigenvalue weighted by atomic mass is 35.5. The van der Waals surface area contributed by atoms with Crippen LogP contribution in [-0.2, 0) is 11.3 Å². The van der Waals surface area contributed by atoms with Gasteiger partial charge in [-0.1, -0.05) is 30.7 Å². The quantitative estimate of drug-likeness (QED) is 0.800. The van der Waals surface area contributed by atoms with E-state index in [9.17, 15) is 9.59 Å². The Hall–Kier alpha value is -2.14. The second-order valence-electron chi connectivity index (χ2n) is 6.46. The van der Waals surface area contributed by atoms with E-state index in [-0.39, 0.29) is 11.5 Å². The maximum atomic E-state index is 12.6. The van der Waals surface area contributed by atoms with Gasteiger partial charge >= 0.3 is 0 Å². The topological polar surface area (TPSA) is 66.1 Å². The van der Waals surface area contributed by atoms with Crippen LogP contribution in [0.4, 0.5) is 0 Å². The molecule has 1 aliphatic rings. The van der Waals surface area contributed by atoms with E-state index in [1.165, 1.54) is 0 Å². The van der Waals surface area contributed by atoms with Crippen molar-refractivity contribution in [3.05, 3.63) is 51.6 Å². The largest absolute Gasteiger partial charge is 0.335 e. The molecule has 0 saturated heterocycles. The van der Waals surface area contributed by atoms with Crippen molar-refractivity contribution in [1.82, 2.24) is 14.9 Å². The third-order valence-corrected chi connectivity index (χ3v) is 4.69. The molecule has 1 aromatic carbocycles. The molecule has 1 aromatic heterocycles. The third kappa shape index (κ3) is 4.28. The van der Waals surface area contributed by atoms with Crippen LogP contribution in [0.15, 0.2) is 35.1 Å². The van der Waals surface area contributed by atoms with Gasteiger partial charge in [-0.2, -0.15) is 0 Å². The van der Waals surface area contributed by atoms with Gasteiger partial charge in [0.2, 0.25) is 5.91 Å². The lowest BCUT2D eigenvalue weighted by atomic mass is 10.0. The predicted molar refractivity (Wildman–Crippen MR) is 99.6 cm³/mol. The zero-order valence-corrected chi connectivity index (χ0v) is 15.1. The first kappa shape index (κ1) is 17.7. The average Bonchev–Trinajstić information content (AvgIpc) is 3.07. The number of H-pyrrole nitrogens is 1. The summed E-state index contributed by atoms with van der Waals surface area (Å²) in [6, 6.07) is 5.00. The summed E-state index contributed by atoms with van der Waals surface area (Å²) in [6.45, 7) is 2.99. The van der Waals surface area contributed by atoms with Crippen molar-refractivity contribution in [3.63, 3.8) is 0 Å². The Kier molecular flexibility index (Phi) is 5.53. The number of fused-ring (bicyclic) bond motifs is 1. The summed E-state index contributed by atoms with van der Waals surface area (Å²) in [6.07, 6.45) is 7.71. The molecule has 25 heavy (non-hydrogen) atoms. The van der Waals surface area contributed by atoms with Crippen molar-refractivity contribution in [2.24, 2.45) is 5.92 Å². The maximum absolute atomic E-state index is 12.6. The van der Waals surface area contributed by atoms with Crippen molar-refractivity contribution in [1.29, 1.82) is 0 Å². The van der Waals surface area contributed by atoms with Crippen molar-refractivity contribution in [3.8, 4) is 0 Å². The molecule has 0 fully saturated rings. The van der Waals surface area contributed by atoms with Crippen LogP contribution in [0.25, 0.3) is 10.9 Å². The molecule has 0 radical (unpaired) electrons. The van der Waals surface area contributed by atoms with Gasteiger partial charge in [0.15, 0.2) is 0 Å². The minimum Gasteiger partial charge on any atom is -0.335 e. The van der Waals surface area contributed by atoms with Crippen molar-refractivity contribution < 1.29 is 4.79 Å². The Morgan fingerprint density at radius 3 is 3.00 bits per heavy atom. The number of amides is 1. The number of nitrogens with one attached hydrogen (secondary N) is 1. The van der Waals surface area contributed by atoms with Crippen LogP contribution in [0.5, 0.6) is 0 Å². The van der Waals surface area contributed by atoms with Gasteiger partial charge in [0.05, 0.1) is 17.4 Å². The lowest BCUT2D eigenvalue weighted by molar-refractivity contribution is -0.132. The van der Waals surface area contributed by atoms with Crippen LogP contribution in [0.2, 0.25) is 5.02 Å². The highest BCUT2D eigenvalue weighted by molar-refractivity contribution is 6.31. The average molecular weight is 360 g/mol. The lowest BCUT2D eigenvalue weighted by Gasteiger charge is -2.23. The Bertz CT molecular complexity index is 859. The normalized spacial score (nSPS) is 16.5. The Labute approximate surface area is 151 Å². The summed E-state index contributed by atoms with van der Waals surface area (Å²) in [5.74, 6) is 0.921. The molecule has 1 amide bonds. The summed E-state index contributed by atoms with van der Waals surface area (Å²) < 4.78 is 0. The third-order valence-electron chi connectivity index (χ3n) is 4.45. The lowest BCUT2D eigenvalue weighted by Crippen LogP contribution is -2.33. The van der Waals surface area contributed by atoms with E-state index < -0.39 is 0 Å². The van der Waals surface area contributed by atoms with Gasteiger partial charge in [-0.25, -0.2) is 4.98 Å². The SMILES string of the molecule is CCCN(Cc1nc2cc(Cl)ccc2c(=O)[nH]1)C(=O)C[C@@H]1C=CCC1. The smallest absolute Gasteiger partial charge is 0.258 e. The number of halogens is 1. The van der Waals surface area contributed by atoms with E-state index in [2.05, 4.69) is 22.1 Å². The van der Waals surface area contributed by atoms with Gasteiger partial charge in [-0.05, 0) is 43.4 Å². The number of benzene rings is 1. The maximum Gasteiger partial charge on any atom is 0.258 e. The standard InChI is InChI=1S/C19H22ClN3O2/c1-2-9-23(18(24)10-13-5-3-4-6-13)12-17-21-16-11-14(20)7-8-15(16)19(25)22-17/h3,5,7-8,11,13H,2,4,6,9-10,12H2,1H3,(H,21,22,25)/t13-/m1/s1. The number of aromatic nitrogens is 2. The monoisotopic (exact) mass is 359 g/mol. The zero-order chi connectivity index (χ0) is 17.8. The highest BCUT2D eigenvalue weighted by Crippen LogP contribution is 2.22. The predicted octanol–water partition coefficient (Wildman–Crippen LogP) is 3.67. The van der Waals surface area contributed by atoms with Crippen LogP contribution in [0, 0.1) is 5.92 Å². The van der Waals surface area contributed by atoms with Gasteiger partial charge < -0.3 is 9.88 Å². The van der Waals surface area contributed by atoms with Crippen molar-refractivity contribution in [2.75, 3.05) is 6.54 Å². The molecular formula is C19H22ClN3O2. The number of allylic oxidation sites excluding steroid dienone is 2. The molecule has 3 rings (SSSR count). The molecule has 1 atom stereocenters. The molecule has 0 spiro atoms. The molecule has 0 bridgehead atoms. The van der Waals surface area contributed by atoms with Gasteiger partial charge in [0.1, 0.15) is 5.82 Å². The van der Waals surface area contributed by atoms with E-state index >= 15 is 0 Å². The number of aromatic amines is 1. The van der Waals surface area contributed by atoms with E-state index in [1.807, 2.05) is 6.92 Å². The molecule has 2 aromatic rings. The summed E-state index contributed by atoms with van der Waals surface area (Å²) >= 11 is 6.00. The summed E-state index contributed by atoms with van der Waals surface area (Å²) in [7, 11) is 0. The molecule has 1 N–H and O–H groups in total. The highest BCUT2D eigenvalue weighted by Gasteiger charge is 2.20. The van der Waals surface area contributed by atoms with Gasteiger partial charge in [-0.3, -0.25) is 9.59 Å². The molecule has 6 heteroatoms. The van der Waals surface area contributed by atoms with Crippen molar-refractivity contribution >= 4 is 28.4 Å². The Morgan fingerprint density at radius 2 is 2.28 bits per heavy atom. The summed E-state index contributed by atoms with van der Waals surface area (Å²) in [5.41, 5.74) is 0.341. The molecular weight excluding hydrogens is 338 g/mol.